The number of carbonyl (C=O) groups excluding carboxylic acids is 4. The zero-order valence-corrected chi connectivity index (χ0v) is 12.4. The van der Waals surface area contributed by atoms with E-state index < -0.39 is 28.4 Å². The molecule has 9 heteroatoms. The van der Waals surface area contributed by atoms with E-state index in [1.807, 2.05) is 5.32 Å². The van der Waals surface area contributed by atoms with Crippen LogP contribution in [0, 0.1) is 10.1 Å². The first-order chi connectivity index (χ1) is 11.9. The number of nitro benzene ring substituents is 1. The Labute approximate surface area is 139 Å². The average molecular weight is 339 g/mol. The van der Waals surface area contributed by atoms with E-state index in [0.29, 0.717) is 0 Å². The molecule has 3 amide bonds. The van der Waals surface area contributed by atoms with Gasteiger partial charge in [0.05, 0.1) is 10.5 Å². The quantitative estimate of drug-likeness (QED) is 0.374. The van der Waals surface area contributed by atoms with Gasteiger partial charge in [0.2, 0.25) is 0 Å². The number of anilines is 1. The van der Waals surface area contributed by atoms with E-state index in [0.717, 1.165) is 0 Å². The Balaban J connectivity index is 1.85. The molecule has 0 aliphatic carbocycles. The van der Waals surface area contributed by atoms with E-state index in [1.54, 1.807) is 0 Å². The third-order valence-electron chi connectivity index (χ3n) is 3.54. The molecule has 2 aromatic carbocycles. The largest absolute Gasteiger partial charge is 0.322 e. The highest BCUT2D eigenvalue weighted by molar-refractivity contribution is 6.49. The topological polar surface area (TPSA) is 135 Å². The SMILES string of the molecule is O=C1NC(=O)c2ccc(NC(=O)c3ccc([N+](=O)[O-])cc3)cc2C1=O. The molecule has 1 aliphatic rings. The van der Waals surface area contributed by atoms with Crippen molar-refractivity contribution in [3.8, 4) is 0 Å². The number of fused-ring (bicyclic) bond motifs is 1. The van der Waals surface area contributed by atoms with Crippen LogP contribution in [0.25, 0.3) is 0 Å². The van der Waals surface area contributed by atoms with E-state index >= 15 is 0 Å². The summed E-state index contributed by atoms with van der Waals surface area (Å²) in [4.78, 5) is 57.1. The number of rotatable bonds is 3. The maximum atomic E-state index is 12.2. The monoisotopic (exact) mass is 339 g/mol. The number of Topliss-reactive ketones (excluding diaryl/α,β-unsaturated/α-hetero) is 1. The van der Waals surface area contributed by atoms with Crippen LogP contribution in [0.2, 0.25) is 0 Å². The summed E-state index contributed by atoms with van der Waals surface area (Å²) < 4.78 is 0. The molecule has 3 rings (SSSR count). The molecule has 0 unspecified atom stereocenters. The molecular weight excluding hydrogens is 330 g/mol. The van der Waals surface area contributed by atoms with Crippen molar-refractivity contribution in [3.63, 3.8) is 0 Å². The van der Waals surface area contributed by atoms with E-state index in [1.165, 1.54) is 42.5 Å². The Hall–Kier alpha value is -3.88. The van der Waals surface area contributed by atoms with Gasteiger partial charge in [0.15, 0.2) is 0 Å². The van der Waals surface area contributed by atoms with Gasteiger partial charge in [0, 0.05) is 28.9 Å². The molecule has 0 spiro atoms. The maximum Gasteiger partial charge on any atom is 0.299 e. The van der Waals surface area contributed by atoms with Crippen LogP contribution in [-0.2, 0) is 4.79 Å². The van der Waals surface area contributed by atoms with Crippen molar-refractivity contribution in [3.05, 3.63) is 69.3 Å². The number of benzene rings is 2. The zero-order chi connectivity index (χ0) is 18.1. The predicted octanol–water partition coefficient (Wildman–Crippen LogP) is 1.30. The van der Waals surface area contributed by atoms with Gasteiger partial charge in [-0.1, -0.05) is 0 Å². The van der Waals surface area contributed by atoms with E-state index in [-0.39, 0.29) is 28.1 Å². The third-order valence-corrected chi connectivity index (χ3v) is 3.54. The highest BCUT2D eigenvalue weighted by atomic mass is 16.6. The summed E-state index contributed by atoms with van der Waals surface area (Å²) in [7, 11) is 0. The molecule has 1 heterocycles. The molecule has 0 saturated heterocycles. The summed E-state index contributed by atoms with van der Waals surface area (Å²) in [6.07, 6.45) is 0. The minimum Gasteiger partial charge on any atom is -0.322 e. The molecule has 1 aliphatic heterocycles. The number of nitrogens with one attached hydrogen (secondary N) is 2. The van der Waals surface area contributed by atoms with Gasteiger partial charge in [-0.25, -0.2) is 0 Å². The van der Waals surface area contributed by atoms with Gasteiger partial charge in [-0.05, 0) is 30.3 Å². The van der Waals surface area contributed by atoms with Crippen LogP contribution in [0.1, 0.15) is 31.1 Å². The van der Waals surface area contributed by atoms with Crippen LogP contribution in [0.4, 0.5) is 11.4 Å². The van der Waals surface area contributed by atoms with Gasteiger partial charge in [0.1, 0.15) is 0 Å². The van der Waals surface area contributed by atoms with Gasteiger partial charge < -0.3 is 5.32 Å². The minimum atomic E-state index is -1.03. The molecule has 124 valence electrons. The Morgan fingerprint density at radius 2 is 1.64 bits per heavy atom. The van der Waals surface area contributed by atoms with Crippen molar-refractivity contribution >= 4 is 34.9 Å². The predicted molar refractivity (Wildman–Crippen MR) is 84.3 cm³/mol. The van der Waals surface area contributed by atoms with Gasteiger partial charge in [-0.3, -0.25) is 34.6 Å². The summed E-state index contributed by atoms with van der Waals surface area (Å²) in [5, 5.41) is 15.0. The Kier molecular flexibility index (Phi) is 3.82. The van der Waals surface area contributed by atoms with Crippen LogP contribution in [0.5, 0.6) is 0 Å². The normalized spacial score (nSPS) is 13.0. The Morgan fingerprint density at radius 3 is 2.28 bits per heavy atom. The van der Waals surface area contributed by atoms with Crippen molar-refractivity contribution in [2.75, 3.05) is 5.32 Å². The number of ketones is 1. The number of amides is 3. The van der Waals surface area contributed by atoms with Crippen LogP contribution >= 0.6 is 0 Å². The smallest absolute Gasteiger partial charge is 0.299 e. The molecule has 0 radical (unpaired) electrons. The van der Waals surface area contributed by atoms with Crippen LogP contribution < -0.4 is 10.6 Å². The van der Waals surface area contributed by atoms with Crippen molar-refractivity contribution < 1.29 is 24.1 Å². The molecule has 9 nitrogen and oxygen atoms in total. The van der Waals surface area contributed by atoms with Crippen molar-refractivity contribution in [2.24, 2.45) is 0 Å². The lowest BCUT2D eigenvalue weighted by Crippen LogP contribution is -2.42. The molecule has 25 heavy (non-hydrogen) atoms. The molecule has 0 bridgehead atoms. The third kappa shape index (κ3) is 2.98. The van der Waals surface area contributed by atoms with Crippen LogP contribution in [0.15, 0.2) is 42.5 Å². The number of hydrogen-bond donors (Lipinski definition) is 2. The van der Waals surface area contributed by atoms with Crippen molar-refractivity contribution in [1.82, 2.24) is 5.32 Å². The lowest BCUT2D eigenvalue weighted by molar-refractivity contribution is -0.384. The molecule has 0 fully saturated rings. The number of imide groups is 1. The first-order valence-electron chi connectivity index (χ1n) is 6.96. The van der Waals surface area contributed by atoms with Gasteiger partial charge >= 0.3 is 0 Å². The standard InChI is InChI=1S/C16H9N3O6/c20-13-12-7-9(3-6-11(12)15(22)18-16(13)23)17-14(21)8-1-4-10(5-2-8)19(24)25/h1-7H,(H,17,21)(H,18,22,23). The zero-order valence-electron chi connectivity index (χ0n) is 12.4. The second-order valence-corrected chi connectivity index (χ2v) is 5.13. The highest BCUT2D eigenvalue weighted by Crippen LogP contribution is 2.20. The number of carbonyl (C=O) groups is 4. The lowest BCUT2D eigenvalue weighted by atomic mass is 9.98. The van der Waals surface area contributed by atoms with Gasteiger partial charge in [0.25, 0.3) is 29.2 Å². The fourth-order valence-corrected chi connectivity index (χ4v) is 2.30. The number of hydrogen-bond acceptors (Lipinski definition) is 6. The minimum absolute atomic E-state index is 0.0398. The van der Waals surface area contributed by atoms with Gasteiger partial charge in [-0.2, -0.15) is 0 Å². The molecule has 0 atom stereocenters. The second-order valence-electron chi connectivity index (χ2n) is 5.13. The number of non-ortho nitro benzene ring substituents is 1. The first kappa shape index (κ1) is 16.0. The summed E-state index contributed by atoms with van der Waals surface area (Å²) in [6.45, 7) is 0. The lowest BCUT2D eigenvalue weighted by Gasteiger charge is -2.15. The van der Waals surface area contributed by atoms with E-state index in [9.17, 15) is 29.3 Å². The Bertz CT molecular complexity index is 949. The molecule has 2 N–H and O–H groups in total. The van der Waals surface area contributed by atoms with Crippen molar-refractivity contribution in [2.45, 2.75) is 0 Å². The Morgan fingerprint density at radius 1 is 0.960 bits per heavy atom. The molecular formula is C16H9N3O6. The summed E-state index contributed by atoms with van der Waals surface area (Å²) in [5.41, 5.74) is 0.162. The first-order valence-corrected chi connectivity index (χ1v) is 6.96. The maximum absolute atomic E-state index is 12.2. The second kappa shape index (κ2) is 5.96. The number of nitrogens with zero attached hydrogens (tertiary/aromatic N) is 1. The molecule has 0 aromatic heterocycles. The van der Waals surface area contributed by atoms with Crippen LogP contribution in [-0.4, -0.2) is 28.4 Å². The highest BCUT2D eigenvalue weighted by Gasteiger charge is 2.30. The fraction of sp³-hybridized carbons (Fsp3) is 0. The van der Waals surface area contributed by atoms with Gasteiger partial charge in [-0.15, -0.1) is 0 Å². The summed E-state index contributed by atoms with van der Waals surface area (Å²) in [6, 6.07) is 8.91. The number of nitro groups is 1. The van der Waals surface area contributed by atoms with E-state index in [2.05, 4.69) is 5.32 Å². The van der Waals surface area contributed by atoms with Crippen LogP contribution in [0.3, 0.4) is 0 Å². The summed E-state index contributed by atoms with van der Waals surface area (Å²) in [5.74, 6) is -3.15. The van der Waals surface area contributed by atoms with E-state index in [4.69, 9.17) is 0 Å². The molecule has 0 saturated carbocycles. The fourth-order valence-electron chi connectivity index (χ4n) is 2.30. The molecule has 2 aromatic rings. The summed E-state index contributed by atoms with van der Waals surface area (Å²) >= 11 is 0. The average Bonchev–Trinajstić information content (AvgIpc) is 2.59. The van der Waals surface area contributed by atoms with Crippen molar-refractivity contribution in [1.29, 1.82) is 0 Å².